The summed E-state index contributed by atoms with van der Waals surface area (Å²) < 4.78 is 62.7. The van der Waals surface area contributed by atoms with Gasteiger partial charge in [-0.15, -0.1) is 0 Å². The number of nitrogens with zero attached hydrogens (tertiary/aromatic N) is 2. The summed E-state index contributed by atoms with van der Waals surface area (Å²) >= 11 is 0. The Kier molecular flexibility index (Phi) is 5.08. The van der Waals surface area contributed by atoms with Crippen molar-refractivity contribution in [2.45, 2.75) is 50.4 Å². The highest BCUT2D eigenvalue weighted by atomic mass is 19.4. The van der Waals surface area contributed by atoms with E-state index >= 15 is 0 Å². The van der Waals surface area contributed by atoms with E-state index in [1.54, 1.807) is 32.9 Å². The number of ether oxygens (including phenoxy) is 1. The first kappa shape index (κ1) is 22.3. The minimum atomic E-state index is -4.96. The maximum atomic E-state index is 14.3. The SMILES string of the molecule is COc1cccc2c1C(C)(C)C[C@@](O)(C(F)(F)F)[C@@H]2Nc1cc(F)cc2nc(C)ncc12. The Labute approximate surface area is 182 Å². The molecule has 1 aliphatic rings. The number of halogens is 4. The van der Waals surface area contributed by atoms with Crippen LogP contribution < -0.4 is 10.1 Å². The van der Waals surface area contributed by atoms with Crippen LogP contribution >= 0.6 is 0 Å². The molecule has 1 heterocycles. The molecule has 0 saturated heterocycles. The molecule has 1 aliphatic carbocycles. The van der Waals surface area contributed by atoms with Gasteiger partial charge in [0.15, 0.2) is 5.60 Å². The molecule has 0 unspecified atom stereocenters. The largest absolute Gasteiger partial charge is 0.496 e. The normalized spacial score (nSPS) is 22.5. The molecule has 170 valence electrons. The number of aryl methyl sites for hydroxylation is 1. The number of hydrogen-bond donors (Lipinski definition) is 2. The maximum absolute atomic E-state index is 14.3. The van der Waals surface area contributed by atoms with Crippen molar-refractivity contribution in [1.82, 2.24) is 9.97 Å². The van der Waals surface area contributed by atoms with Crippen LogP contribution in [-0.4, -0.2) is 34.0 Å². The van der Waals surface area contributed by atoms with Gasteiger partial charge in [-0.25, -0.2) is 14.4 Å². The molecule has 0 fully saturated rings. The van der Waals surface area contributed by atoms with Gasteiger partial charge in [-0.1, -0.05) is 26.0 Å². The molecule has 0 amide bonds. The number of fused-ring (bicyclic) bond motifs is 2. The second-order valence-electron chi connectivity index (χ2n) is 8.79. The number of methoxy groups -OCH3 is 1. The summed E-state index contributed by atoms with van der Waals surface area (Å²) in [4.78, 5) is 8.27. The second-order valence-corrected chi connectivity index (χ2v) is 8.79. The van der Waals surface area contributed by atoms with Gasteiger partial charge in [-0.05, 0) is 36.5 Å². The van der Waals surface area contributed by atoms with E-state index in [1.807, 2.05) is 0 Å². The summed E-state index contributed by atoms with van der Waals surface area (Å²) in [5.74, 6) is 0.151. The highest BCUT2D eigenvalue weighted by Gasteiger charge is 2.64. The summed E-state index contributed by atoms with van der Waals surface area (Å²) in [5.41, 5.74) is -3.08. The first-order valence-corrected chi connectivity index (χ1v) is 10.0. The topological polar surface area (TPSA) is 67.3 Å². The van der Waals surface area contributed by atoms with Crippen molar-refractivity contribution in [3.63, 3.8) is 0 Å². The Morgan fingerprint density at radius 2 is 1.94 bits per heavy atom. The first-order valence-electron chi connectivity index (χ1n) is 10.0. The number of rotatable bonds is 3. The minimum Gasteiger partial charge on any atom is -0.496 e. The summed E-state index contributed by atoms with van der Waals surface area (Å²) in [6.07, 6.45) is -4.15. The highest BCUT2D eigenvalue weighted by Crippen LogP contribution is 2.56. The molecule has 0 radical (unpaired) electrons. The van der Waals surface area contributed by atoms with E-state index in [0.29, 0.717) is 22.5 Å². The molecule has 2 atom stereocenters. The van der Waals surface area contributed by atoms with E-state index in [9.17, 15) is 22.7 Å². The molecule has 9 heteroatoms. The molecule has 0 aliphatic heterocycles. The number of anilines is 1. The third kappa shape index (κ3) is 3.44. The van der Waals surface area contributed by atoms with Crippen LogP contribution in [0.15, 0.2) is 36.5 Å². The summed E-state index contributed by atoms with van der Waals surface area (Å²) in [7, 11) is 1.44. The standard InChI is InChI=1S/C23H23F4N3O2/c1-12-28-10-15-16(29-12)8-13(24)9-17(15)30-20-14-6-5-7-18(32-4)19(14)21(2,3)11-22(20,31)23(25,26)27/h5-10,20,30-31H,11H2,1-4H3/t20-,22+/m1/s1. The van der Waals surface area contributed by atoms with E-state index in [1.165, 1.54) is 25.4 Å². The lowest BCUT2D eigenvalue weighted by Crippen LogP contribution is -2.58. The van der Waals surface area contributed by atoms with Gasteiger partial charge in [-0.3, -0.25) is 0 Å². The molecule has 0 bridgehead atoms. The zero-order valence-corrected chi connectivity index (χ0v) is 18.0. The Hall–Kier alpha value is -2.94. The predicted molar refractivity (Wildman–Crippen MR) is 112 cm³/mol. The fourth-order valence-corrected chi connectivity index (χ4v) is 4.73. The summed E-state index contributed by atoms with van der Waals surface area (Å²) in [5, 5.41) is 14.2. The van der Waals surface area contributed by atoms with Crippen molar-refractivity contribution in [3.8, 4) is 5.75 Å². The van der Waals surface area contributed by atoms with Crippen LogP contribution in [-0.2, 0) is 5.41 Å². The van der Waals surface area contributed by atoms with E-state index in [0.717, 1.165) is 6.07 Å². The molecule has 32 heavy (non-hydrogen) atoms. The second kappa shape index (κ2) is 7.30. The molecule has 5 nitrogen and oxygen atoms in total. The van der Waals surface area contributed by atoms with Gasteiger partial charge in [0.1, 0.15) is 17.4 Å². The molecule has 1 aromatic heterocycles. The molecule has 0 spiro atoms. The predicted octanol–water partition coefficient (Wildman–Crippen LogP) is 5.21. The number of benzene rings is 2. The van der Waals surface area contributed by atoms with Gasteiger partial charge in [-0.2, -0.15) is 13.2 Å². The van der Waals surface area contributed by atoms with E-state index in [-0.39, 0.29) is 16.8 Å². The fraction of sp³-hybridized carbons (Fsp3) is 0.391. The van der Waals surface area contributed by atoms with Gasteiger partial charge in [0, 0.05) is 28.9 Å². The van der Waals surface area contributed by atoms with Crippen LogP contribution in [0.25, 0.3) is 10.9 Å². The van der Waals surface area contributed by atoms with Gasteiger partial charge < -0.3 is 15.2 Å². The molecule has 2 N–H and O–H groups in total. The van der Waals surface area contributed by atoms with E-state index in [4.69, 9.17) is 4.74 Å². The summed E-state index contributed by atoms with van der Waals surface area (Å²) in [6, 6.07) is 5.41. The van der Waals surface area contributed by atoms with Crippen molar-refractivity contribution >= 4 is 16.6 Å². The Morgan fingerprint density at radius 1 is 1.22 bits per heavy atom. The number of aliphatic hydroxyl groups is 1. The monoisotopic (exact) mass is 449 g/mol. The third-order valence-electron chi connectivity index (χ3n) is 6.03. The Morgan fingerprint density at radius 3 is 2.59 bits per heavy atom. The minimum absolute atomic E-state index is 0.0566. The van der Waals surface area contributed by atoms with Gasteiger partial charge in [0.25, 0.3) is 0 Å². The van der Waals surface area contributed by atoms with Crippen LogP contribution in [0.2, 0.25) is 0 Å². The molecule has 3 aromatic rings. The van der Waals surface area contributed by atoms with Crippen LogP contribution in [0.4, 0.5) is 23.2 Å². The molecular weight excluding hydrogens is 426 g/mol. The van der Waals surface area contributed by atoms with Crippen molar-refractivity contribution in [3.05, 3.63) is 59.3 Å². The number of alkyl halides is 3. The van der Waals surface area contributed by atoms with E-state index in [2.05, 4.69) is 15.3 Å². The molecule has 0 saturated carbocycles. The van der Waals surface area contributed by atoms with Gasteiger partial charge in [0.05, 0.1) is 18.7 Å². The van der Waals surface area contributed by atoms with Gasteiger partial charge in [0.2, 0.25) is 0 Å². The van der Waals surface area contributed by atoms with Gasteiger partial charge >= 0.3 is 6.18 Å². The zero-order valence-electron chi connectivity index (χ0n) is 18.0. The third-order valence-corrected chi connectivity index (χ3v) is 6.03. The quantitative estimate of drug-likeness (QED) is 0.537. The smallest absolute Gasteiger partial charge is 0.419 e. The average Bonchev–Trinajstić information content (AvgIpc) is 2.68. The number of hydrogen-bond acceptors (Lipinski definition) is 5. The van der Waals surface area contributed by atoms with Crippen molar-refractivity contribution < 1.29 is 27.4 Å². The van der Waals surface area contributed by atoms with Crippen molar-refractivity contribution in [2.75, 3.05) is 12.4 Å². The van der Waals surface area contributed by atoms with Crippen LogP contribution in [0.5, 0.6) is 5.75 Å². The highest BCUT2D eigenvalue weighted by molar-refractivity contribution is 5.91. The first-order chi connectivity index (χ1) is 14.9. The Balaban J connectivity index is 1.97. The zero-order chi connectivity index (χ0) is 23.5. The summed E-state index contributed by atoms with van der Waals surface area (Å²) in [6.45, 7) is 4.90. The lowest BCUT2D eigenvalue weighted by Gasteiger charge is -2.49. The van der Waals surface area contributed by atoms with Crippen molar-refractivity contribution in [1.29, 1.82) is 0 Å². The van der Waals surface area contributed by atoms with Crippen LogP contribution in [0, 0.1) is 12.7 Å². The average molecular weight is 449 g/mol. The Bertz CT molecular complexity index is 1190. The number of nitrogens with one attached hydrogen (secondary N) is 1. The molecule has 2 aromatic carbocycles. The fourth-order valence-electron chi connectivity index (χ4n) is 4.73. The lowest BCUT2D eigenvalue weighted by molar-refractivity contribution is -0.275. The lowest BCUT2D eigenvalue weighted by atomic mass is 9.63. The van der Waals surface area contributed by atoms with Crippen molar-refractivity contribution in [2.24, 2.45) is 0 Å². The molecular formula is C23H23F4N3O2. The van der Waals surface area contributed by atoms with Crippen LogP contribution in [0.1, 0.15) is 43.3 Å². The maximum Gasteiger partial charge on any atom is 0.419 e. The number of aromatic nitrogens is 2. The van der Waals surface area contributed by atoms with E-state index < -0.39 is 35.5 Å². The van der Waals surface area contributed by atoms with Crippen LogP contribution in [0.3, 0.4) is 0 Å². The molecule has 4 rings (SSSR count).